The van der Waals surface area contributed by atoms with Gasteiger partial charge in [-0.3, -0.25) is 4.79 Å². The molecule has 0 aromatic heterocycles. The first-order chi connectivity index (χ1) is 7.65. The molecule has 0 bridgehead atoms. The first-order valence-electron chi connectivity index (χ1n) is 5.92. The predicted octanol–water partition coefficient (Wildman–Crippen LogP) is 1.15. The standard InChI is InChI=1S/C11H18F2N2O/c12-9(13)6-15-10(16)11-4-2-1-3-8(11)5-14-7-11/h8-9,14H,1-7H2,(H,15,16)/t8-,11+/m0/s1. The Hall–Kier alpha value is -0.710. The average molecular weight is 232 g/mol. The summed E-state index contributed by atoms with van der Waals surface area (Å²) in [5.41, 5.74) is -0.410. The Morgan fingerprint density at radius 3 is 3.06 bits per heavy atom. The van der Waals surface area contributed by atoms with Crippen LogP contribution in [0, 0.1) is 11.3 Å². The molecule has 92 valence electrons. The molecular formula is C11H18F2N2O. The van der Waals surface area contributed by atoms with E-state index < -0.39 is 18.4 Å². The van der Waals surface area contributed by atoms with Crippen molar-refractivity contribution in [3.05, 3.63) is 0 Å². The van der Waals surface area contributed by atoms with Crippen molar-refractivity contribution in [3.63, 3.8) is 0 Å². The third kappa shape index (κ3) is 2.05. The van der Waals surface area contributed by atoms with Crippen LogP contribution < -0.4 is 10.6 Å². The number of fused-ring (bicyclic) bond motifs is 1. The van der Waals surface area contributed by atoms with Gasteiger partial charge in [-0.25, -0.2) is 8.78 Å². The summed E-state index contributed by atoms with van der Waals surface area (Å²) in [5, 5.41) is 5.61. The summed E-state index contributed by atoms with van der Waals surface area (Å²) < 4.78 is 24.1. The zero-order valence-corrected chi connectivity index (χ0v) is 9.27. The third-order valence-electron chi connectivity index (χ3n) is 3.91. The van der Waals surface area contributed by atoms with Crippen LogP contribution in [0.5, 0.6) is 0 Å². The Morgan fingerprint density at radius 2 is 2.31 bits per heavy atom. The van der Waals surface area contributed by atoms with E-state index in [0.29, 0.717) is 12.5 Å². The van der Waals surface area contributed by atoms with E-state index in [4.69, 9.17) is 0 Å². The lowest BCUT2D eigenvalue weighted by atomic mass is 9.67. The van der Waals surface area contributed by atoms with Gasteiger partial charge in [0, 0.05) is 6.54 Å². The van der Waals surface area contributed by atoms with E-state index in [0.717, 1.165) is 32.2 Å². The molecule has 1 saturated heterocycles. The first kappa shape index (κ1) is 11.8. The Morgan fingerprint density at radius 1 is 1.50 bits per heavy atom. The lowest BCUT2D eigenvalue weighted by Gasteiger charge is -2.37. The van der Waals surface area contributed by atoms with Gasteiger partial charge < -0.3 is 10.6 Å². The summed E-state index contributed by atoms with van der Waals surface area (Å²) in [4.78, 5) is 12.0. The Balaban J connectivity index is 2.01. The van der Waals surface area contributed by atoms with Gasteiger partial charge in [-0.2, -0.15) is 0 Å². The van der Waals surface area contributed by atoms with Gasteiger partial charge in [0.1, 0.15) is 0 Å². The summed E-state index contributed by atoms with van der Waals surface area (Å²) in [6.45, 7) is 0.974. The highest BCUT2D eigenvalue weighted by Crippen LogP contribution is 2.43. The normalized spacial score (nSPS) is 33.8. The highest BCUT2D eigenvalue weighted by Gasteiger charge is 2.49. The molecule has 0 aromatic carbocycles. The molecule has 0 spiro atoms. The lowest BCUT2D eigenvalue weighted by Crippen LogP contribution is -2.48. The number of rotatable bonds is 3. The molecule has 2 atom stereocenters. The average Bonchev–Trinajstić information content (AvgIpc) is 2.70. The predicted molar refractivity (Wildman–Crippen MR) is 56.3 cm³/mol. The molecular weight excluding hydrogens is 214 g/mol. The molecule has 1 aliphatic carbocycles. The molecule has 2 fully saturated rings. The third-order valence-corrected chi connectivity index (χ3v) is 3.91. The van der Waals surface area contributed by atoms with E-state index in [1.807, 2.05) is 0 Å². The van der Waals surface area contributed by atoms with Gasteiger partial charge in [0.15, 0.2) is 0 Å². The molecule has 0 aromatic rings. The number of alkyl halides is 2. The maximum Gasteiger partial charge on any atom is 0.255 e. The lowest BCUT2D eigenvalue weighted by molar-refractivity contribution is -0.134. The zero-order valence-electron chi connectivity index (χ0n) is 9.27. The van der Waals surface area contributed by atoms with Crippen LogP contribution in [-0.4, -0.2) is 32.0 Å². The molecule has 1 aliphatic heterocycles. The van der Waals surface area contributed by atoms with E-state index in [1.165, 1.54) is 0 Å². The zero-order chi connectivity index (χ0) is 11.6. The molecule has 5 heteroatoms. The van der Waals surface area contributed by atoms with Gasteiger partial charge in [-0.05, 0) is 25.3 Å². The Bertz CT molecular complexity index is 273. The summed E-state index contributed by atoms with van der Waals surface area (Å²) >= 11 is 0. The number of amides is 1. The number of carbonyl (C=O) groups is 1. The van der Waals surface area contributed by atoms with Gasteiger partial charge in [-0.1, -0.05) is 12.8 Å². The molecule has 2 aliphatic rings. The second kappa shape index (κ2) is 4.65. The van der Waals surface area contributed by atoms with Gasteiger partial charge >= 0.3 is 0 Å². The van der Waals surface area contributed by atoms with Gasteiger partial charge in [0.2, 0.25) is 5.91 Å². The fraction of sp³-hybridized carbons (Fsp3) is 0.909. The van der Waals surface area contributed by atoms with Crippen LogP contribution in [0.4, 0.5) is 8.78 Å². The summed E-state index contributed by atoms with van der Waals surface area (Å²) in [6.07, 6.45) is 1.59. The van der Waals surface area contributed by atoms with E-state index in [2.05, 4.69) is 10.6 Å². The smallest absolute Gasteiger partial charge is 0.255 e. The molecule has 16 heavy (non-hydrogen) atoms. The van der Waals surface area contributed by atoms with Crippen LogP contribution in [0.1, 0.15) is 25.7 Å². The molecule has 2 N–H and O–H groups in total. The summed E-state index contributed by atoms with van der Waals surface area (Å²) in [6, 6.07) is 0. The quantitative estimate of drug-likeness (QED) is 0.766. The number of hydrogen-bond acceptors (Lipinski definition) is 2. The first-order valence-corrected chi connectivity index (χ1v) is 5.92. The van der Waals surface area contributed by atoms with E-state index in [1.54, 1.807) is 0 Å². The maximum absolute atomic E-state index is 12.1. The van der Waals surface area contributed by atoms with Crippen molar-refractivity contribution in [2.45, 2.75) is 32.1 Å². The SMILES string of the molecule is O=C(NCC(F)F)[C@@]12CCCC[C@H]1CNC2. The monoisotopic (exact) mass is 232 g/mol. The maximum atomic E-state index is 12.1. The van der Waals surface area contributed by atoms with Crippen molar-refractivity contribution >= 4 is 5.91 Å². The Kier molecular flexibility index (Phi) is 3.42. The van der Waals surface area contributed by atoms with Crippen molar-refractivity contribution in [1.29, 1.82) is 0 Å². The molecule has 2 rings (SSSR count). The minimum Gasteiger partial charge on any atom is -0.350 e. The van der Waals surface area contributed by atoms with Gasteiger partial charge in [-0.15, -0.1) is 0 Å². The van der Waals surface area contributed by atoms with Crippen LogP contribution in [0.2, 0.25) is 0 Å². The van der Waals surface area contributed by atoms with Gasteiger partial charge in [0.05, 0.1) is 12.0 Å². The van der Waals surface area contributed by atoms with Crippen LogP contribution >= 0.6 is 0 Å². The van der Waals surface area contributed by atoms with Crippen LogP contribution in [0.3, 0.4) is 0 Å². The van der Waals surface area contributed by atoms with E-state index >= 15 is 0 Å². The Labute approximate surface area is 94.0 Å². The molecule has 1 heterocycles. The van der Waals surface area contributed by atoms with Crippen molar-refractivity contribution in [2.24, 2.45) is 11.3 Å². The highest BCUT2D eigenvalue weighted by atomic mass is 19.3. The van der Waals surface area contributed by atoms with Crippen molar-refractivity contribution < 1.29 is 13.6 Å². The molecule has 0 unspecified atom stereocenters. The number of nitrogens with one attached hydrogen (secondary N) is 2. The van der Waals surface area contributed by atoms with E-state index in [-0.39, 0.29) is 5.91 Å². The number of halogens is 2. The fourth-order valence-electron chi connectivity index (χ4n) is 3.04. The second-order valence-electron chi connectivity index (χ2n) is 4.83. The summed E-state index contributed by atoms with van der Waals surface area (Å²) in [7, 11) is 0. The summed E-state index contributed by atoms with van der Waals surface area (Å²) in [5.74, 6) is 0.154. The highest BCUT2D eigenvalue weighted by molar-refractivity contribution is 5.83. The molecule has 1 saturated carbocycles. The van der Waals surface area contributed by atoms with Crippen LogP contribution in [-0.2, 0) is 4.79 Å². The largest absolute Gasteiger partial charge is 0.350 e. The number of carbonyl (C=O) groups excluding carboxylic acids is 1. The van der Waals surface area contributed by atoms with Crippen LogP contribution in [0.25, 0.3) is 0 Å². The number of hydrogen-bond donors (Lipinski definition) is 2. The fourth-order valence-corrected chi connectivity index (χ4v) is 3.04. The van der Waals surface area contributed by atoms with Crippen molar-refractivity contribution in [2.75, 3.05) is 19.6 Å². The van der Waals surface area contributed by atoms with Crippen molar-refractivity contribution in [3.8, 4) is 0 Å². The van der Waals surface area contributed by atoms with E-state index in [9.17, 15) is 13.6 Å². The minimum atomic E-state index is -2.46. The van der Waals surface area contributed by atoms with Crippen LogP contribution in [0.15, 0.2) is 0 Å². The minimum absolute atomic E-state index is 0.178. The van der Waals surface area contributed by atoms with Gasteiger partial charge in [0.25, 0.3) is 6.43 Å². The topological polar surface area (TPSA) is 41.1 Å². The molecule has 3 nitrogen and oxygen atoms in total. The second-order valence-corrected chi connectivity index (χ2v) is 4.83. The van der Waals surface area contributed by atoms with Crippen molar-refractivity contribution in [1.82, 2.24) is 10.6 Å². The molecule has 1 amide bonds. The molecule has 0 radical (unpaired) electrons.